The third kappa shape index (κ3) is 3.53. The van der Waals surface area contributed by atoms with Crippen molar-refractivity contribution in [2.45, 2.75) is 43.7 Å². The Kier molecular flexibility index (Phi) is 5.38. The predicted octanol–water partition coefficient (Wildman–Crippen LogP) is 4.02. The van der Waals surface area contributed by atoms with Crippen LogP contribution in [0.25, 0.3) is 0 Å². The highest BCUT2D eigenvalue weighted by Crippen LogP contribution is 2.59. The molecule has 5 rings (SSSR count). The number of methoxy groups -OCH3 is 2. The molecule has 3 aliphatic rings. The summed E-state index contributed by atoms with van der Waals surface area (Å²) in [5.74, 6) is -2.17. The molecular weight excluding hydrogens is 416 g/mol. The van der Waals surface area contributed by atoms with E-state index in [0.717, 1.165) is 30.9 Å². The van der Waals surface area contributed by atoms with Crippen molar-refractivity contribution in [1.29, 1.82) is 0 Å². The second kappa shape index (κ2) is 8.67. The third-order valence-corrected chi connectivity index (χ3v) is 7.44. The van der Waals surface area contributed by atoms with Gasteiger partial charge in [0, 0.05) is 38.3 Å². The number of hydrogen-bond donors (Lipinski definition) is 1. The smallest absolute Gasteiger partial charge is 0.335 e. The van der Waals surface area contributed by atoms with Crippen molar-refractivity contribution < 1.29 is 20.4 Å². The van der Waals surface area contributed by atoms with E-state index in [1.807, 2.05) is 36.4 Å². The first-order valence-electron chi connectivity index (χ1n) is 12.0. The quantitative estimate of drug-likeness (QED) is 0.675. The van der Waals surface area contributed by atoms with E-state index >= 15 is 0 Å². The van der Waals surface area contributed by atoms with E-state index in [1.165, 1.54) is 25.3 Å². The highest BCUT2D eigenvalue weighted by molar-refractivity contribution is 5.93. The number of nitrogens with zero attached hydrogens (tertiary/aromatic N) is 1. The van der Waals surface area contributed by atoms with Gasteiger partial charge in [0.1, 0.15) is 0 Å². The molecule has 0 aromatic heterocycles. The maximum atomic E-state index is 13.2. The second-order valence-corrected chi connectivity index (χ2v) is 8.99. The van der Waals surface area contributed by atoms with E-state index in [4.69, 9.17) is 9.47 Å². The van der Waals surface area contributed by atoms with E-state index in [-0.39, 0.29) is 24.9 Å². The van der Waals surface area contributed by atoms with Gasteiger partial charge in [-0.25, -0.2) is 4.79 Å². The number of benzene rings is 2. The molecule has 1 fully saturated rings. The summed E-state index contributed by atoms with van der Waals surface area (Å²) in [6, 6.07) is 18.5. The molecule has 2 aromatic rings. The number of rotatable bonds is 6. The summed E-state index contributed by atoms with van der Waals surface area (Å²) in [5, 5.41) is 3.52. The molecule has 2 aromatic carbocycles. The molecule has 6 heteroatoms. The first-order valence-corrected chi connectivity index (χ1v) is 11.5. The van der Waals surface area contributed by atoms with Crippen LogP contribution in [0.4, 0.5) is 5.69 Å². The first-order chi connectivity index (χ1) is 16.4. The summed E-state index contributed by atoms with van der Waals surface area (Å²) in [7, 11) is 2.70. The number of esters is 2. The molecule has 1 saturated heterocycles. The van der Waals surface area contributed by atoms with Gasteiger partial charge in [-0.1, -0.05) is 48.5 Å². The molecule has 0 saturated carbocycles. The van der Waals surface area contributed by atoms with Crippen LogP contribution in [0.5, 0.6) is 0 Å². The number of carbonyl (C=O) groups excluding carboxylic acids is 2. The van der Waals surface area contributed by atoms with E-state index < -0.39 is 17.3 Å². The van der Waals surface area contributed by atoms with Crippen molar-refractivity contribution in [3.05, 3.63) is 77.0 Å². The molecule has 2 aliphatic heterocycles. The van der Waals surface area contributed by atoms with Crippen LogP contribution in [0.3, 0.4) is 0 Å². The molecule has 0 radical (unpaired) electrons. The molecule has 0 unspecified atom stereocenters. The number of fused-ring (bicyclic) bond motifs is 1. The number of carbonyl (C=O) groups is 2. The molecule has 2 heterocycles. The lowest BCUT2D eigenvalue weighted by atomic mass is 9.63. The highest BCUT2D eigenvalue weighted by Gasteiger charge is 2.59. The predicted molar refractivity (Wildman–Crippen MR) is 125 cm³/mol. The summed E-state index contributed by atoms with van der Waals surface area (Å²) in [6.07, 6.45) is 1.54. The van der Waals surface area contributed by atoms with Crippen LogP contribution in [0.15, 0.2) is 65.9 Å². The maximum Gasteiger partial charge on any atom is 0.335 e. The van der Waals surface area contributed by atoms with Gasteiger partial charge < -0.3 is 14.8 Å². The summed E-state index contributed by atoms with van der Waals surface area (Å²) in [4.78, 5) is 27.6. The first kappa shape index (κ1) is 20.5. The fourth-order valence-electron chi connectivity index (χ4n) is 5.96. The van der Waals surface area contributed by atoms with Crippen molar-refractivity contribution >= 4 is 17.6 Å². The van der Waals surface area contributed by atoms with Crippen molar-refractivity contribution in [2.75, 3.05) is 26.1 Å². The fourth-order valence-corrected chi connectivity index (χ4v) is 5.96. The number of nitrogens with one attached hydrogen (secondary N) is 1. The van der Waals surface area contributed by atoms with Crippen LogP contribution >= 0.6 is 0 Å². The Labute approximate surface area is 196 Å². The van der Waals surface area contributed by atoms with Gasteiger partial charge in [0.15, 0.2) is 0 Å². The van der Waals surface area contributed by atoms with Crippen LogP contribution in [-0.2, 0) is 31.0 Å². The van der Waals surface area contributed by atoms with Crippen LogP contribution in [-0.4, -0.2) is 43.6 Å². The Bertz CT molecular complexity index is 1150. The molecule has 1 N–H and O–H groups in total. The van der Waals surface area contributed by atoms with Crippen molar-refractivity contribution in [3.63, 3.8) is 0 Å². The Morgan fingerprint density at radius 1 is 1.12 bits per heavy atom. The molecule has 6 nitrogen and oxygen atoms in total. The summed E-state index contributed by atoms with van der Waals surface area (Å²) >= 11 is 0. The van der Waals surface area contributed by atoms with Crippen molar-refractivity contribution in [3.8, 4) is 0 Å². The maximum absolute atomic E-state index is 13.2. The molecule has 1 spiro atoms. The summed E-state index contributed by atoms with van der Waals surface area (Å²) in [6.45, 7) is 1.62. The molecule has 172 valence electrons. The molecule has 0 amide bonds. The van der Waals surface area contributed by atoms with Gasteiger partial charge in [0.05, 0.1) is 25.2 Å². The van der Waals surface area contributed by atoms with E-state index in [1.54, 1.807) is 0 Å². The van der Waals surface area contributed by atoms with E-state index in [9.17, 15) is 11.0 Å². The molecular formula is C27H30N2O4. The topological polar surface area (TPSA) is 67.9 Å². The standard InChI is InChI=1S/C27H30N2O4/c1-32-23(30)13-12-19-16-22-27(14-15-29(22)17-18-8-4-3-5-9-18)20-10-6-7-11-21(20)28-25(27)24(19)26(31)33-2/h3-11,19,22,28H,12-17H2,1-2H3/t19-,22-,27+/m0/s1/i19D. The second-order valence-electron chi connectivity index (χ2n) is 8.99. The zero-order valence-corrected chi connectivity index (χ0v) is 19.1. The van der Waals surface area contributed by atoms with Crippen molar-refractivity contribution in [2.24, 2.45) is 5.89 Å². The normalized spacial score (nSPS) is 28.3. The minimum Gasteiger partial charge on any atom is -0.469 e. The average molecular weight is 448 g/mol. The average Bonchev–Trinajstić information content (AvgIpc) is 3.38. The van der Waals surface area contributed by atoms with Gasteiger partial charge >= 0.3 is 11.9 Å². The van der Waals surface area contributed by atoms with Gasteiger partial charge in [-0.2, -0.15) is 0 Å². The van der Waals surface area contributed by atoms with E-state index in [2.05, 4.69) is 28.4 Å². The Hall–Kier alpha value is -3.12. The molecule has 3 atom stereocenters. The lowest BCUT2D eigenvalue weighted by Crippen LogP contribution is -2.49. The number of para-hydroxylation sites is 1. The van der Waals surface area contributed by atoms with Gasteiger partial charge in [-0.3, -0.25) is 9.69 Å². The molecule has 33 heavy (non-hydrogen) atoms. The van der Waals surface area contributed by atoms with Gasteiger partial charge in [0.2, 0.25) is 0 Å². The summed E-state index contributed by atoms with van der Waals surface area (Å²) in [5.41, 5.74) is 4.06. The van der Waals surface area contributed by atoms with E-state index in [0.29, 0.717) is 12.0 Å². The zero-order valence-electron chi connectivity index (χ0n) is 20.1. The van der Waals surface area contributed by atoms with Gasteiger partial charge in [0.25, 0.3) is 0 Å². The number of ether oxygens (including phenoxy) is 2. The highest BCUT2D eigenvalue weighted by atomic mass is 16.5. The largest absolute Gasteiger partial charge is 0.469 e. The molecule has 1 aliphatic carbocycles. The van der Waals surface area contributed by atoms with Crippen LogP contribution < -0.4 is 5.32 Å². The van der Waals surface area contributed by atoms with Crippen LogP contribution in [0.2, 0.25) is 0 Å². The monoisotopic (exact) mass is 447 g/mol. The van der Waals surface area contributed by atoms with Crippen LogP contribution in [0.1, 0.15) is 38.2 Å². The Morgan fingerprint density at radius 2 is 1.88 bits per heavy atom. The SMILES string of the molecule is [2H][C@]1(CCC(=O)OC)C[C@@H]2N(Cc3ccccc3)CC[C@]23C(=C1C(=O)OC)Nc1ccccc13. The Balaban J connectivity index is 1.65. The van der Waals surface area contributed by atoms with Crippen LogP contribution in [0, 0.1) is 5.89 Å². The number of anilines is 1. The van der Waals surface area contributed by atoms with Gasteiger partial charge in [-0.05, 0) is 42.3 Å². The molecule has 0 bridgehead atoms. The lowest BCUT2D eigenvalue weighted by Gasteiger charge is -2.44. The Morgan fingerprint density at radius 3 is 2.64 bits per heavy atom. The minimum absolute atomic E-state index is 0.00223. The third-order valence-electron chi connectivity index (χ3n) is 7.44. The van der Waals surface area contributed by atoms with Gasteiger partial charge in [-0.15, -0.1) is 0 Å². The van der Waals surface area contributed by atoms with Crippen molar-refractivity contribution in [1.82, 2.24) is 4.90 Å². The number of hydrogen-bond acceptors (Lipinski definition) is 6. The zero-order chi connectivity index (χ0) is 23.9. The lowest BCUT2D eigenvalue weighted by molar-refractivity contribution is -0.141. The fraction of sp³-hybridized carbons (Fsp3) is 0.407. The summed E-state index contributed by atoms with van der Waals surface area (Å²) < 4.78 is 19.6. The minimum atomic E-state index is -1.28. The number of likely N-dealkylation sites (tertiary alicyclic amines) is 1.